The third-order valence-electron chi connectivity index (χ3n) is 8.09. The van der Waals surface area contributed by atoms with Gasteiger partial charge >= 0.3 is 0 Å². The van der Waals surface area contributed by atoms with Crippen molar-refractivity contribution in [1.29, 1.82) is 0 Å². The van der Waals surface area contributed by atoms with Gasteiger partial charge in [0.2, 0.25) is 0 Å². The van der Waals surface area contributed by atoms with E-state index in [2.05, 4.69) is 108 Å². The van der Waals surface area contributed by atoms with Crippen LogP contribution >= 0.6 is 11.3 Å². The average Bonchev–Trinajstić information content (AvgIpc) is 3.81. The fourth-order valence-electron chi connectivity index (χ4n) is 6.20. The van der Waals surface area contributed by atoms with Crippen LogP contribution in [-0.2, 0) is 0 Å². The quantitative estimate of drug-likeness (QED) is 0.222. The minimum absolute atomic E-state index is 0.945. The molecule has 41 heavy (non-hydrogen) atoms. The molecule has 0 aliphatic rings. The molecule has 5 heterocycles. The molecular formula is C35H23N5S. The molecule has 6 heteroatoms. The zero-order valence-corrected chi connectivity index (χ0v) is 23.0. The first-order chi connectivity index (χ1) is 20.2. The molecule has 9 aromatic rings. The molecule has 0 aliphatic carbocycles. The monoisotopic (exact) mass is 545 g/mol. The van der Waals surface area contributed by atoms with Crippen molar-refractivity contribution in [2.75, 3.05) is 0 Å². The molecule has 0 fully saturated rings. The Morgan fingerprint density at radius 3 is 2.15 bits per heavy atom. The Balaban J connectivity index is 1.28. The van der Waals surface area contributed by atoms with Gasteiger partial charge in [-0.05, 0) is 78.7 Å². The molecule has 5 aromatic heterocycles. The van der Waals surface area contributed by atoms with Crippen LogP contribution < -0.4 is 0 Å². The number of aromatic nitrogens is 5. The average molecular weight is 546 g/mol. The van der Waals surface area contributed by atoms with Crippen molar-refractivity contribution >= 4 is 60.5 Å². The van der Waals surface area contributed by atoms with E-state index in [9.17, 15) is 0 Å². The van der Waals surface area contributed by atoms with Crippen molar-refractivity contribution in [1.82, 2.24) is 24.0 Å². The zero-order valence-electron chi connectivity index (χ0n) is 22.2. The summed E-state index contributed by atoms with van der Waals surface area (Å²) in [6.07, 6.45) is 3.99. The van der Waals surface area contributed by atoms with Crippen LogP contribution in [0.15, 0.2) is 122 Å². The zero-order chi connectivity index (χ0) is 27.1. The summed E-state index contributed by atoms with van der Waals surface area (Å²) in [6.45, 7) is 2.16. The van der Waals surface area contributed by atoms with E-state index in [-0.39, 0.29) is 0 Å². The number of para-hydroxylation sites is 2. The van der Waals surface area contributed by atoms with Crippen LogP contribution in [0.2, 0.25) is 0 Å². The van der Waals surface area contributed by atoms with Gasteiger partial charge in [-0.1, -0.05) is 48.5 Å². The number of nitrogens with zero attached hydrogens (tertiary/aromatic N) is 5. The van der Waals surface area contributed by atoms with Crippen molar-refractivity contribution in [2.24, 2.45) is 0 Å². The summed E-state index contributed by atoms with van der Waals surface area (Å²) in [6, 6.07) is 39.0. The normalized spacial score (nSPS) is 12.0. The fourth-order valence-corrected chi connectivity index (χ4v) is 7.09. The predicted octanol–water partition coefficient (Wildman–Crippen LogP) is 8.96. The summed E-state index contributed by atoms with van der Waals surface area (Å²) in [7, 11) is 0. The number of fused-ring (bicyclic) bond motifs is 9. The van der Waals surface area contributed by atoms with Gasteiger partial charge in [-0.25, -0.2) is 9.20 Å². The number of hydrogen-bond donors (Lipinski definition) is 0. The van der Waals surface area contributed by atoms with Gasteiger partial charge in [0.15, 0.2) is 0 Å². The largest absolute Gasteiger partial charge is 0.301 e. The molecule has 0 bridgehead atoms. The van der Waals surface area contributed by atoms with Crippen LogP contribution in [0.1, 0.15) is 4.88 Å². The Morgan fingerprint density at radius 1 is 0.610 bits per heavy atom. The molecule has 0 saturated carbocycles. The molecule has 4 aromatic carbocycles. The minimum Gasteiger partial charge on any atom is -0.301 e. The van der Waals surface area contributed by atoms with E-state index in [1.54, 1.807) is 0 Å². The highest BCUT2D eigenvalue weighted by Crippen LogP contribution is 2.38. The van der Waals surface area contributed by atoms with Gasteiger partial charge in [0.25, 0.3) is 0 Å². The Labute approximate surface area is 239 Å². The SMILES string of the molecule is Cc1ccc(-n2c3ccccc3c3cc(-c4ccc5c(c4)c4cn(-c6ccccc6)nc4c4ccnn54)ccc32)s1. The molecule has 0 aliphatic heterocycles. The predicted molar refractivity (Wildman–Crippen MR) is 170 cm³/mol. The van der Waals surface area contributed by atoms with Crippen LogP contribution in [0.4, 0.5) is 0 Å². The fraction of sp³-hybridized carbons (Fsp3) is 0.0286. The van der Waals surface area contributed by atoms with Gasteiger partial charge in [0, 0.05) is 32.6 Å². The Morgan fingerprint density at radius 2 is 1.34 bits per heavy atom. The molecular weight excluding hydrogens is 522 g/mol. The molecule has 9 rings (SSSR count). The highest BCUT2D eigenvalue weighted by molar-refractivity contribution is 7.14. The molecule has 194 valence electrons. The third kappa shape index (κ3) is 3.28. The van der Waals surface area contributed by atoms with E-state index >= 15 is 0 Å². The van der Waals surface area contributed by atoms with Crippen LogP contribution in [0, 0.1) is 6.92 Å². The van der Waals surface area contributed by atoms with Crippen LogP contribution in [0.5, 0.6) is 0 Å². The highest BCUT2D eigenvalue weighted by Gasteiger charge is 2.17. The van der Waals surface area contributed by atoms with Crippen LogP contribution in [0.25, 0.3) is 70.9 Å². The second-order valence-electron chi connectivity index (χ2n) is 10.5. The van der Waals surface area contributed by atoms with Gasteiger partial charge in [-0.2, -0.15) is 10.2 Å². The van der Waals surface area contributed by atoms with Gasteiger partial charge in [-0.15, -0.1) is 11.3 Å². The maximum absolute atomic E-state index is 5.00. The summed E-state index contributed by atoms with van der Waals surface area (Å²) >= 11 is 1.83. The minimum atomic E-state index is 0.945. The van der Waals surface area contributed by atoms with Gasteiger partial charge < -0.3 is 4.57 Å². The molecule has 0 saturated heterocycles. The summed E-state index contributed by atoms with van der Waals surface area (Å²) < 4.78 is 6.36. The molecule has 0 radical (unpaired) electrons. The van der Waals surface area contributed by atoms with Crippen LogP contribution in [-0.4, -0.2) is 24.0 Å². The summed E-state index contributed by atoms with van der Waals surface area (Å²) in [5.74, 6) is 0. The summed E-state index contributed by atoms with van der Waals surface area (Å²) in [4.78, 5) is 1.31. The van der Waals surface area contributed by atoms with Crippen LogP contribution in [0.3, 0.4) is 0 Å². The number of rotatable bonds is 3. The summed E-state index contributed by atoms with van der Waals surface area (Å²) in [5, 5.41) is 15.7. The number of thiophene rings is 1. The van der Waals surface area contributed by atoms with E-state index in [1.807, 2.05) is 51.0 Å². The number of benzene rings is 4. The molecule has 0 N–H and O–H groups in total. The van der Waals surface area contributed by atoms with E-state index in [0.717, 1.165) is 33.0 Å². The smallest absolute Gasteiger partial charge is 0.119 e. The molecule has 0 amide bonds. The molecule has 5 nitrogen and oxygen atoms in total. The standard InChI is InChI=1S/C35H23N5S/c1-22-11-16-34(41-22)39-30-10-6-5-9-26(30)27-19-23(12-14-31(27)39)24-13-15-32-28(20-24)29-21-38(25-7-3-2-4-8-25)37-35(29)33-17-18-36-40(32)33/h2-21H,1H3. The van der Waals surface area contributed by atoms with E-state index in [4.69, 9.17) is 5.10 Å². The van der Waals surface area contributed by atoms with Crippen molar-refractivity contribution < 1.29 is 0 Å². The van der Waals surface area contributed by atoms with Gasteiger partial charge in [-0.3, -0.25) is 0 Å². The lowest BCUT2D eigenvalue weighted by atomic mass is 10.00. The maximum atomic E-state index is 5.00. The Hall–Kier alpha value is -5.20. The van der Waals surface area contributed by atoms with Crippen molar-refractivity contribution in [3.05, 3.63) is 126 Å². The number of hydrogen-bond acceptors (Lipinski definition) is 3. The Kier molecular flexibility index (Phi) is 4.63. The third-order valence-corrected chi connectivity index (χ3v) is 9.07. The van der Waals surface area contributed by atoms with Crippen molar-refractivity contribution in [3.8, 4) is 21.8 Å². The highest BCUT2D eigenvalue weighted by atomic mass is 32.1. The number of pyridine rings is 1. The van der Waals surface area contributed by atoms with Gasteiger partial charge in [0.1, 0.15) is 10.5 Å². The van der Waals surface area contributed by atoms with E-state index < -0.39 is 0 Å². The first-order valence-electron chi connectivity index (χ1n) is 13.7. The van der Waals surface area contributed by atoms with Crippen molar-refractivity contribution in [2.45, 2.75) is 6.92 Å². The lowest BCUT2D eigenvalue weighted by Gasteiger charge is -2.08. The second kappa shape index (κ2) is 8.40. The Bertz CT molecular complexity index is 2440. The molecule has 0 atom stereocenters. The topological polar surface area (TPSA) is 40.0 Å². The van der Waals surface area contributed by atoms with E-state index in [0.29, 0.717) is 0 Å². The maximum Gasteiger partial charge on any atom is 0.119 e. The number of aryl methyl sites for hydroxylation is 1. The molecule has 0 spiro atoms. The van der Waals surface area contributed by atoms with Gasteiger partial charge in [0.05, 0.1) is 34.0 Å². The first kappa shape index (κ1) is 22.6. The molecule has 0 unspecified atom stereocenters. The van der Waals surface area contributed by atoms with Crippen molar-refractivity contribution in [3.63, 3.8) is 0 Å². The lowest BCUT2D eigenvalue weighted by Crippen LogP contribution is -1.94. The second-order valence-corrected chi connectivity index (χ2v) is 11.8. The van der Waals surface area contributed by atoms with E-state index in [1.165, 1.54) is 42.8 Å². The summed E-state index contributed by atoms with van der Waals surface area (Å²) in [5.41, 5.74) is 8.87. The lowest BCUT2D eigenvalue weighted by molar-refractivity contribution is 0.896. The first-order valence-corrected chi connectivity index (χ1v) is 14.5.